The Hall–Kier alpha value is -1.52. The zero-order valence-corrected chi connectivity index (χ0v) is 17.3. The molecule has 3 unspecified atom stereocenters. The lowest BCUT2D eigenvalue weighted by atomic mass is 9.93. The lowest BCUT2D eigenvalue weighted by Crippen LogP contribution is -2.40. The van der Waals surface area contributed by atoms with E-state index in [-0.39, 0.29) is 18.1 Å². The minimum atomic E-state index is 0.0447. The molecule has 26 heavy (non-hydrogen) atoms. The van der Waals surface area contributed by atoms with E-state index in [0.29, 0.717) is 11.3 Å². The van der Waals surface area contributed by atoms with E-state index in [4.69, 9.17) is 16.2 Å². The lowest BCUT2D eigenvalue weighted by molar-refractivity contribution is 0.404. The summed E-state index contributed by atoms with van der Waals surface area (Å²) in [6, 6.07) is 6.85. The summed E-state index contributed by atoms with van der Waals surface area (Å²) in [6.07, 6.45) is 5.58. The molecule has 0 bridgehead atoms. The first-order valence-electron chi connectivity index (χ1n) is 9.82. The molecular formula is C22H37N3O. The second-order valence-electron chi connectivity index (χ2n) is 8.31. The van der Waals surface area contributed by atoms with Crippen LogP contribution in [0.4, 0.5) is 0 Å². The lowest BCUT2D eigenvalue weighted by Gasteiger charge is -2.22. The molecule has 0 saturated heterocycles. The van der Waals surface area contributed by atoms with Gasteiger partial charge in [0.2, 0.25) is 0 Å². The summed E-state index contributed by atoms with van der Waals surface area (Å²) in [5, 5.41) is 3.56. The molecule has 4 heteroatoms. The Morgan fingerprint density at radius 1 is 1.35 bits per heavy atom. The van der Waals surface area contributed by atoms with Crippen molar-refractivity contribution >= 4 is 0 Å². The summed E-state index contributed by atoms with van der Waals surface area (Å²) in [4.78, 5) is 0. The normalized spacial score (nSPS) is 26.2. The number of ether oxygens (including phenoxy) is 1. The highest BCUT2D eigenvalue weighted by atomic mass is 16.5. The number of hydrogen-bond donors (Lipinski definition) is 3. The summed E-state index contributed by atoms with van der Waals surface area (Å²) in [5.41, 5.74) is 16.2. The van der Waals surface area contributed by atoms with Crippen LogP contribution in [-0.4, -0.2) is 19.2 Å². The molecule has 1 aliphatic carbocycles. The second kappa shape index (κ2) is 8.45. The summed E-state index contributed by atoms with van der Waals surface area (Å²) < 4.78 is 5.62. The van der Waals surface area contributed by atoms with Gasteiger partial charge in [-0.15, -0.1) is 0 Å². The average Bonchev–Trinajstić information content (AvgIpc) is 3.29. The first kappa shape index (κ1) is 20.8. The second-order valence-corrected chi connectivity index (χ2v) is 8.31. The van der Waals surface area contributed by atoms with Gasteiger partial charge in [0.25, 0.3) is 0 Å². The number of allylic oxidation sites excluding steroid dienone is 2. The highest BCUT2D eigenvalue weighted by Gasteiger charge is 2.51. The van der Waals surface area contributed by atoms with Crippen molar-refractivity contribution < 1.29 is 4.74 Å². The maximum Gasteiger partial charge on any atom is 0.122 e. The van der Waals surface area contributed by atoms with Crippen molar-refractivity contribution in [3.63, 3.8) is 0 Å². The Morgan fingerprint density at radius 2 is 2.04 bits per heavy atom. The quantitative estimate of drug-likeness (QED) is 0.617. The van der Waals surface area contributed by atoms with E-state index < -0.39 is 0 Å². The zero-order valence-electron chi connectivity index (χ0n) is 17.3. The van der Waals surface area contributed by atoms with Crippen molar-refractivity contribution in [1.29, 1.82) is 0 Å². The van der Waals surface area contributed by atoms with Crippen molar-refractivity contribution in [2.24, 2.45) is 16.9 Å². The van der Waals surface area contributed by atoms with Crippen LogP contribution in [0.1, 0.15) is 77.0 Å². The molecule has 0 spiro atoms. The van der Waals surface area contributed by atoms with E-state index >= 15 is 0 Å². The maximum absolute atomic E-state index is 6.08. The van der Waals surface area contributed by atoms with E-state index in [9.17, 15) is 0 Å². The van der Waals surface area contributed by atoms with Gasteiger partial charge in [-0.3, -0.25) is 0 Å². The average molecular weight is 360 g/mol. The Morgan fingerprint density at radius 3 is 2.58 bits per heavy atom. The Kier molecular flexibility index (Phi) is 6.75. The molecule has 1 aromatic carbocycles. The van der Waals surface area contributed by atoms with Crippen molar-refractivity contribution in [3.8, 4) is 5.75 Å². The third-order valence-corrected chi connectivity index (χ3v) is 6.02. The van der Waals surface area contributed by atoms with Gasteiger partial charge >= 0.3 is 0 Å². The number of rotatable bonds is 9. The molecule has 2 rings (SSSR count). The minimum Gasteiger partial charge on any atom is -0.496 e. The van der Waals surface area contributed by atoms with Gasteiger partial charge in [0.1, 0.15) is 5.75 Å². The first-order valence-corrected chi connectivity index (χ1v) is 9.82. The summed E-state index contributed by atoms with van der Waals surface area (Å²) in [6.45, 7) is 10.7. The van der Waals surface area contributed by atoms with Gasteiger partial charge in [0.05, 0.1) is 7.11 Å². The monoisotopic (exact) mass is 359 g/mol. The molecule has 1 aliphatic rings. The van der Waals surface area contributed by atoms with E-state index in [0.717, 1.165) is 18.6 Å². The smallest absolute Gasteiger partial charge is 0.122 e. The highest BCUT2D eigenvalue weighted by Crippen LogP contribution is 2.63. The molecule has 0 aliphatic heterocycles. The molecule has 4 nitrogen and oxygen atoms in total. The van der Waals surface area contributed by atoms with E-state index in [2.05, 4.69) is 50.4 Å². The van der Waals surface area contributed by atoms with Gasteiger partial charge < -0.3 is 21.5 Å². The molecule has 0 radical (unpaired) electrons. The molecule has 1 fully saturated rings. The summed E-state index contributed by atoms with van der Waals surface area (Å²) in [7, 11) is 1.75. The molecule has 0 aromatic heterocycles. The Balaban J connectivity index is 2.05. The van der Waals surface area contributed by atoms with Crippen LogP contribution in [0.25, 0.3) is 0 Å². The van der Waals surface area contributed by atoms with E-state index in [1.165, 1.54) is 23.2 Å². The molecule has 5 N–H and O–H groups in total. The fourth-order valence-electron chi connectivity index (χ4n) is 3.62. The summed E-state index contributed by atoms with van der Waals surface area (Å²) in [5.74, 6) is 1.53. The Labute approximate surface area is 159 Å². The van der Waals surface area contributed by atoms with Gasteiger partial charge in [-0.05, 0) is 75.5 Å². The van der Waals surface area contributed by atoms with E-state index in [1.807, 2.05) is 13.8 Å². The van der Waals surface area contributed by atoms with Crippen LogP contribution in [0.3, 0.4) is 0 Å². The zero-order chi connectivity index (χ0) is 19.5. The summed E-state index contributed by atoms with van der Waals surface area (Å²) >= 11 is 0. The molecule has 1 saturated carbocycles. The topological polar surface area (TPSA) is 73.3 Å². The highest BCUT2D eigenvalue weighted by molar-refractivity contribution is 5.44. The van der Waals surface area contributed by atoms with Crippen molar-refractivity contribution in [2.45, 2.75) is 77.9 Å². The standard InChI is InChI=1S/C22H37N3O/c1-7-18(25-16(4)14(2)23)10-11-22(5)13-20(22)19-12-17(15(3)24)8-9-21(19)26-6/h7-9,12,14-16,20,25H,10-11,13,23-24H2,1-6H3/b18-7-/t14?,15?,16-,20-,22?/m0/s1. The number of benzene rings is 1. The number of nitrogens with two attached hydrogens (primary N) is 2. The third kappa shape index (κ3) is 4.80. The van der Waals surface area contributed by atoms with Crippen LogP contribution in [0, 0.1) is 5.41 Å². The van der Waals surface area contributed by atoms with Crippen LogP contribution < -0.4 is 21.5 Å². The van der Waals surface area contributed by atoms with Crippen LogP contribution in [-0.2, 0) is 0 Å². The van der Waals surface area contributed by atoms with Crippen molar-refractivity contribution in [1.82, 2.24) is 5.32 Å². The first-order chi connectivity index (χ1) is 12.2. The molecule has 5 atom stereocenters. The van der Waals surface area contributed by atoms with Gasteiger partial charge in [0, 0.05) is 23.8 Å². The van der Waals surface area contributed by atoms with Gasteiger partial charge in [0.15, 0.2) is 0 Å². The van der Waals surface area contributed by atoms with E-state index in [1.54, 1.807) is 7.11 Å². The predicted octanol–water partition coefficient (Wildman–Crippen LogP) is 4.22. The fraction of sp³-hybridized carbons (Fsp3) is 0.636. The SMILES string of the molecule is C/C=C(/CCC1(C)C[C@H]1c1cc(C(C)N)ccc1OC)N[C@@H](C)C(C)N. The largest absolute Gasteiger partial charge is 0.496 e. The third-order valence-electron chi connectivity index (χ3n) is 6.02. The van der Waals surface area contributed by atoms with Crippen LogP contribution in [0.5, 0.6) is 5.75 Å². The number of nitrogens with one attached hydrogen (secondary N) is 1. The molecular weight excluding hydrogens is 322 g/mol. The molecule has 0 amide bonds. The maximum atomic E-state index is 6.08. The van der Waals surface area contributed by atoms with Crippen LogP contribution in [0.15, 0.2) is 30.0 Å². The van der Waals surface area contributed by atoms with Gasteiger partial charge in [-0.2, -0.15) is 0 Å². The van der Waals surface area contributed by atoms with Gasteiger partial charge in [-0.1, -0.05) is 25.1 Å². The molecule has 146 valence electrons. The van der Waals surface area contributed by atoms with Crippen molar-refractivity contribution in [3.05, 3.63) is 41.1 Å². The molecule has 0 heterocycles. The fourth-order valence-corrected chi connectivity index (χ4v) is 3.62. The van der Waals surface area contributed by atoms with Crippen molar-refractivity contribution in [2.75, 3.05) is 7.11 Å². The van der Waals surface area contributed by atoms with Crippen LogP contribution >= 0.6 is 0 Å². The number of hydrogen-bond acceptors (Lipinski definition) is 4. The number of methoxy groups -OCH3 is 1. The molecule has 1 aromatic rings. The van der Waals surface area contributed by atoms with Crippen LogP contribution in [0.2, 0.25) is 0 Å². The minimum absolute atomic E-state index is 0.0447. The Bertz CT molecular complexity index is 638. The van der Waals surface area contributed by atoms with Gasteiger partial charge in [-0.25, -0.2) is 0 Å². The predicted molar refractivity (Wildman–Crippen MR) is 110 cm³/mol.